The second-order valence-electron chi connectivity index (χ2n) is 15.5. The maximum Gasteiger partial charge on any atom is 0.343 e. The van der Waals surface area contributed by atoms with E-state index in [0.29, 0.717) is 52.8 Å². The van der Waals surface area contributed by atoms with E-state index in [1.54, 1.807) is 66.9 Å². The van der Waals surface area contributed by atoms with Gasteiger partial charge in [-0.2, -0.15) is 10.2 Å². The minimum atomic E-state index is -0.576. The monoisotopic (exact) mass is 837 g/mol. The molecule has 0 N–H and O–H groups in total. The van der Waals surface area contributed by atoms with E-state index in [9.17, 15) is 9.59 Å². The minimum Gasteiger partial charge on any atom is -0.494 e. The van der Waals surface area contributed by atoms with E-state index >= 15 is 0 Å². The van der Waals surface area contributed by atoms with Gasteiger partial charge in [0.15, 0.2) is 0 Å². The van der Waals surface area contributed by atoms with Gasteiger partial charge in [0, 0.05) is 17.8 Å². The van der Waals surface area contributed by atoms with Crippen LogP contribution in [0.2, 0.25) is 0 Å². The Morgan fingerprint density at radius 3 is 1.40 bits per heavy atom. The highest BCUT2D eigenvalue weighted by Crippen LogP contribution is 2.28. The van der Waals surface area contributed by atoms with Crippen LogP contribution in [0.15, 0.2) is 137 Å². The molecule has 9 heteroatoms. The molecule has 0 amide bonds. The summed E-state index contributed by atoms with van der Waals surface area (Å²) in [4.78, 5) is 31.4. The van der Waals surface area contributed by atoms with Gasteiger partial charge in [0.05, 0.1) is 41.4 Å². The fraction of sp³-hybridized carbons (Fsp3) is 0.377. The lowest BCUT2D eigenvalue weighted by atomic mass is 10.1. The SMILES string of the molecule is CCCCCCCCCCOc1ccc(C(=O)Oc2ccc(C=Nc3ccc(N=Nc4ccccc4)cc3)c(OC(=O)c3ccc(OCCCCCCCCCC)cc3)c2)cc1. The van der Waals surface area contributed by atoms with Crippen molar-refractivity contribution >= 4 is 35.2 Å². The van der Waals surface area contributed by atoms with Crippen LogP contribution >= 0.6 is 0 Å². The number of ether oxygens (including phenoxy) is 4. The average molecular weight is 838 g/mol. The zero-order valence-electron chi connectivity index (χ0n) is 36.6. The van der Waals surface area contributed by atoms with E-state index in [-0.39, 0.29) is 11.5 Å². The second-order valence-corrected chi connectivity index (χ2v) is 15.5. The maximum atomic E-state index is 13.5. The van der Waals surface area contributed by atoms with E-state index in [0.717, 1.165) is 31.4 Å². The van der Waals surface area contributed by atoms with Gasteiger partial charge in [-0.15, -0.1) is 0 Å². The van der Waals surface area contributed by atoms with Crippen LogP contribution in [0, 0.1) is 0 Å². The summed E-state index contributed by atoms with van der Waals surface area (Å²) in [6.07, 6.45) is 21.3. The van der Waals surface area contributed by atoms with Crippen molar-refractivity contribution in [2.24, 2.45) is 15.2 Å². The first-order chi connectivity index (χ1) is 30.5. The normalized spacial score (nSPS) is 11.3. The quantitative estimate of drug-likeness (QED) is 0.0163. The molecule has 0 aliphatic rings. The van der Waals surface area contributed by atoms with Crippen LogP contribution in [0.3, 0.4) is 0 Å². The van der Waals surface area contributed by atoms with Gasteiger partial charge >= 0.3 is 11.9 Å². The van der Waals surface area contributed by atoms with Crippen molar-refractivity contribution in [3.05, 3.63) is 138 Å². The fourth-order valence-corrected chi connectivity index (χ4v) is 6.68. The van der Waals surface area contributed by atoms with Crippen molar-refractivity contribution < 1.29 is 28.5 Å². The maximum absolute atomic E-state index is 13.5. The molecular weight excluding hydrogens is 775 g/mol. The van der Waals surface area contributed by atoms with Gasteiger partial charge in [-0.05, 0) is 110 Å². The Bertz CT molecular complexity index is 2100. The summed E-state index contributed by atoms with van der Waals surface area (Å²) in [6, 6.07) is 35.5. The molecule has 0 aliphatic heterocycles. The summed E-state index contributed by atoms with van der Waals surface area (Å²) in [5.74, 6) is 0.664. The average Bonchev–Trinajstić information content (AvgIpc) is 3.30. The molecule has 9 nitrogen and oxygen atoms in total. The summed E-state index contributed by atoms with van der Waals surface area (Å²) in [7, 11) is 0. The number of hydrogen-bond donors (Lipinski definition) is 0. The first-order valence-electron chi connectivity index (χ1n) is 22.7. The lowest BCUT2D eigenvalue weighted by molar-refractivity contribution is 0.0732. The third-order valence-electron chi connectivity index (χ3n) is 10.4. The number of nitrogens with zero attached hydrogens (tertiary/aromatic N) is 3. The van der Waals surface area contributed by atoms with E-state index in [1.807, 2.05) is 54.6 Å². The van der Waals surface area contributed by atoms with Crippen LogP contribution in [0.4, 0.5) is 17.1 Å². The molecule has 0 bridgehead atoms. The van der Waals surface area contributed by atoms with Crippen molar-refractivity contribution in [2.45, 2.75) is 117 Å². The van der Waals surface area contributed by atoms with E-state index in [2.05, 4.69) is 29.1 Å². The van der Waals surface area contributed by atoms with Gasteiger partial charge in [-0.1, -0.05) is 122 Å². The Hall–Kier alpha value is -6.09. The van der Waals surface area contributed by atoms with Gasteiger partial charge in [0.1, 0.15) is 23.0 Å². The van der Waals surface area contributed by atoms with Crippen LogP contribution in [0.5, 0.6) is 23.0 Å². The van der Waals surface area contributed by atoms with Crippen LogP contribution in [0.1, 0.15) is 143 Å². The van der Waals surface area contributed by atoms with Crippen LogP contribution in [-0.2, 0) is 0 Å². The van der Waals surface area contributed by atoms with E-state index in [1.165, 1.54) is 83.1 Å². The predicted octanol–water partition coefficient (Wildman–Crippen LogP) is 15.3. The van der Waals surface area contributed by atoms with Crippen LogP contribution < -0.4 is 18.9 Å². The molecule has 5 aromatic rings. The van der Waals surface area contributed by atoms with Crippen molar-refractivity contribution in [2.75, 3.05) is 13.2 Å². The highest BCUT2D eigenvalue weighted by molar-refractivity contribution is 5.94. The summed E-state index contributed by atoms with van der Waals surface area (Å²) in [5.41, 5.74) is 3.32. The molecular formula is C53H63N3O6. The number of aliphatic imine (C=N–C) groups is 1. The van der Waals surface area contributed by atoms with Gasteiger partial charge in [0.25, 0.3) is 0 Å². The molecule has 0 heterocycles. The summed E-state index contributed by atoms with van der Waals surface area (Å²) < 4.78 is 23.6. The third-order valence-corrected chi connectivity index (χ3v) is 10.4. The topological polar surface area (TPSA) is 108 Å². The zero-order chi connectivity index (χ0) is 43.5. The van der Waals surface area contributed by atoms with Gasteiger partial charge in [-0.3, -0.25) is 4.99 Å². The molecule has 0 aromatic heterocycles. The van der Waals surface area contributed by atoms with Gasteiger partial charge in [-0.25, -0.2) is 9.59 Å². The fourth-order valence-electron chi connectivity index (χ4n) is 6.68. The van der Waals surface area contributed by atoms with Crippen molar-refractivity contribution in [1.82, 2.24) is 0 Å². The molecule has 0 radical (unpaired) electrons. The lowest BCUT2D eigenvalue weighted by Crippen LogP contribution is -2.11. The number of hydrogen-bond acceptors (Lipinski definition) is 9. The standard InChI is InChI=1S/C53H63N3O6/c1-3-5-7-9-11-13-15-20-38-59-48-33-24-42(25-34-48)52(57)61-50-37-28-44(41-54-45-29-31-47(32-30-45)56-55-46-22-18-17-19-23-46)51(40-50)62-53(58)43-26-35-49(36-27-43)60-39-21-16-14-12-10-8-6-4-2/h17-19,22-37,40-41H,3-16,20-21,38-39H2,1-2H3. The summed E-state index contributed by atoms with van der Waals surface area (Å²) >= 11 is 0. The first kappa shape index (κ1) is 47.0. The Labute approximate surface area is 368 Å². The number of benzene rings is 5. The Morgan fingerprint density at radius 1 is 0.452 bits per heavy atom. The Kier molecular flexibility index (Phi) is 21.0. The number of carbonyl (C=O) groups excluding carboxylic acids is 2. The van der Waals surface area contributed by atoms with Gasteiger partial charge < -0.3 is 18.9 Å². The van der Waals surface area contributed by atoms with Crippen LogP contribution in [0.25, 0.3) is 0 Å². The van der Waals surface area contributed by atoms with E-state index < -0.39 is 11.9 Å². The number of esters is 2. The molecule has 5 rings (SSSR count). The molecule has 0 atom stereocenters. The van der Waals surface area contributed by atoms with Crippen molar-refractivity contribution in [1.29, 1.82) is 0 Å². The summed E-state index contributed by atoms with van der Waals surface area (Å²) in [5, 5.41) is 8.57. The second kappa shape index (κ2) is 27.7. The zero-order valence-corrected chi connectivity index (χ0v) is 36.6. The molecule has 0 unspecified atom stereocenters. The molecule has 326 valence electrons. The highest BCUT2D eigenvalue weighted by Gasteiger charge is 2.16. The molecule has 0 saturated carbocycles. The van der Waals surface area contributed by atoms with Crippen LogP contribution in [-0.4, -0.2) is 31.4 Å². The van der Waals surface area contributed by atoms with Crippen molar-refractivity contribution in [3.63, 3.8) is 0 Å². The number of rotatable bonds is 28. The first-order valence-corrected chi connectivity index (χ1v) is 22.7. The largest absolute Gasteiger partial charge is 0.494 e. The molecule has 0 saturated heterocycles. The summed E-state index contributed by atoms with van der Waals surface area (Å²) in [6.45, 7) is 5.74. The molecule has 62 heavy (non-hydrogen) atoms. The third kappa shape index (κ3) is 17.5. The Balaban J connectivity index is 1.20. The van der Waals surface area contributed by atoms with E-state index in [4.69, 9.17) is 18.9 Å². The smallest absolute Gasteiger partial charge is 0.343 e. The lowest BCUT2D eigenvalue weighted by Gasteiger charge is -2.11. The molecule has 0 spiro atoms. The number of carbonyl (C=O) groups is 2. The van der Waals surface area contributed by atoms with Crippen molar-refractivity contribution in [3.8, 4) is 23.0 Å². The molecule has 0 aliphatic carbocycles. The molecule has 0 fully saturated rings. The van der Waals surface area contributed by atoms with Gasteiger partial charge in [0.2, 0.25) is 0 Å². The number of unbranched alkanes of at least 4 members (excludes halogenated alkanes) is 14. The molecule has 5 aromatic carbocycles. The highest BCUT2D eigenvalue weighted by atomic mass is 16.5. The minimum absolute atomic E-state index is 0.178. The Morgan fingerprint density at radius 2 is 0.887 bits per heavy atom. The number of azo groups is 1. The predicted molar refractivity (Wildman–Crippen MR) is 250 cm³/mol.